The fourth-order valence-electron chi connectivity index (χ4n) is 1.72. The van der Waals surface area contributed by atoms with Crippen molar-refractivity contribution in [1.29, 1.82) is 0 Å². The van der Waals surface area contributed by atoms with Gasteiger partial charge in [-0.2, -0.15) is 0 Å². The van der Waals surface area contributed by atoms with Gasteiger partial charge in [-0.1, -0.05) is 39.0 Å². The van der Waals surface area contributed by atoms with E-state index in [1.54, 1.807) is 0 Å². The maximum atomic E-state index is 9.34. The summed E-state index contributed by atoms with van der Waals surface area (Å²) >= 11 is 0. The minimum absolute atomic E-state index is 0.00120. The summed E-state index contributed by atoms with van der Waals surface area (Å²) in [6.45, 7) is 11.0. The predicted molar refractivity (Wildman–Crippen MR) is 69.7 cm³/mol. The van der Waals surface area contributed by atoms with Crippen molar-refractivity contribution >= 4 is 0 Å². The summed E-state index contributed by atoms with van der Waals surface area (Å²) in [6.07, 6.45) is 1.04. The predicted octanol–water partition coefficient (Wildman–Crippen LogP) is 3.50. The minimum atomic E-state index is -0.00120. The summed E-state index contributed by atoms with van der Waals surface area (Å²) in [6, 6.07) is 6.65. The van der Waals surface area contributed by atoms with Crippen LogP contribution >= 0.6 is 0 Å². The van der Waals surface area contributed by atoms with E-state index in [0.29, 0.717) is 5.92 Å². The molecule has 0 radical (unpaired) electrons. The molecule has 0 heterocycles. The smallest absolute Gasteiger partial charge is 0.0484 e. The number of benzene rings is 1. The topological polar surface area (TPSA) is 20.2 Å². The summed E-state index contributed by atoms with van der Waals surface area (Å²) < 4.78 is 0. The highest BCUT2D eigenvalue weighted by Crippen LogP contribution is 2.29. The average Bonchev–Trinajstić information content (AvgIpc) is 2.23. The lowest BCUT2D eigenvalue weighted by Crippen LogP contribution is -2.27. The molecule has 1 nitrogen and oxygen atoms in total. The molecular formula is C15H24O. The molecule has 90 valence electrons. The second-order valence-electron chi connectivity index (χ2n) is 5.67. The van der Waals surface area contributed by atoms with E-state index in [4.69, 9.17) is 0 Å². The highest BCUT2D eigenvalue weighted by Gasteiger charge is 2.24. The van der Waals surface area contributed by atoms with Crippen LogP contribution in [0.25, 0.3) is 0 Å². The third kappa shape index (κ3) is 3.08. The second-order valence-corrected chi connectivity index (χ2v) is 5.67. The zero-order valence-corrected chi connectivity index (χ0v) is 11.2. The SMILES string of the molecule is Cc1ccc(CC(C)C(C)(C)CO)cc1C. The van der Waals surface area contributed by atoms with Crippen LogP contribution in [-0.4, -0.2) is 11.7 Å². The van der Waals surface area contributed by atoms with E-state index in [9.17, 15) is 5.11 Å². The Kier molecular flexibility index (Phi) is 4.15. The minimum Gasteiger partial charge on any atom is -0.396 e. The Hall–Kier alpha value is -0.820. The van der Waals surface area contributed by atoms with E-state index in [-0.39, 0.29) is 12.0 Å². The molecule has 0 aliphatic carbocycles. The van der Waals surface area contributed by atoms with Crippen LogP contribution in [0, 0.1) is 25.2 Å². The van der Waals surface area contributed by atoms with Gasteiger partial charge in [0.1, 0.15) is 0 Å². The molecule has 16 heavy (non-hydrogen) atoms. The van der Waals surface area contributed by atoms with Crippen LogP contribution in [0.1, 0.15) is 37.5 Å². The van der Waals surface area contributed by atoms with E-state index in [0.717, 1.165) is 6.42 Å². The van der Waals surface area contributed by atoms with Gasteiger partial charge in [-0.15, -0.1) is 0 Å². The Morgan fingerprint density at radius 3 is 2.31 bits per heavy atom. The van der Waals surface area contributed by atoms with E-state index in [1.165, 1.54) is 16.7 Å². The zero-order valence-electron chi connectivity index (χ0n) is 11.2. The first-order chi connectivity index (χ1) is 7.36. The van der Waals surface area contributed by atoms with E-state index >= 15 is 0 Å². The average molecular weight is 220 g/mol. The Morgan fingerprint density at radius 1 is 1.19 bits per heavy atom. The molecule has 1 heteroatoms. The van der Waals surface area contributed by atoms with Crippen LogP contribution in [0.3, 0.4) is 0 Å². The van der Waals surface area contributed by atoms with Gasteiger partial charge in [0.05, 0.1) is 0 Å². The maximum absolute atomic E-state index is 9.34. The Balaban J connectivity index is 2.77. The quantitative estimate of drug-likeness (QED) is 0.823. The normalized spacial score (nSPS) is 13.9. The highest BCUT2D eigenvalue weighted by molar-refractivity contribution is 5.30. The number of aliphatic hydroxyl groups is 1. The first-order valence-corrected chi connectivity index (χ1v) is 6.04. The molecule has 0 saturated carbocycles. The Bertz CT molecular complexity index is 352. The molecule has 0 spiro atoms. The summed E-state index contributed by atoms with van der Waals surface area (Å²) in [5.74, 6) is 0.486. The first kappa shape index (κ1) is 13.2. The van der Waals surface area contributed by atoms with Crippen molar-refractivity contribution < 1.29 is 5.11 Å². The number of aryl methyl sites for hydroxylation is 2. The first-order valence-electron chi connectivity index (χ1n) is 6.04. The van der Waals surface area contributed by atoms with Crippen LogP contribution in [0.2, 0.25) is 0 Å². The summed E-state index contributed by atoms with van der Waals surface area (Å²) in [5, 5.41) is 9.34. The molecule has 1 aromatic carbocycles. The van der Waals surface area contributed by atoms with Crippen LogP contribution in [0.4, 0.5) is 0 Å². The molecule has 0 aromatic heterocycles. The largest absolute Gasteiger partial charge is 0.396 e. The van der Waals surface area contributed by atoms with Crippen LogP contribution in [0.5, 0.6) is 0 Å². The molecule has 1 unspecified atom stereocenters. The monoisotopic (exact) mass is 220 g/mol. The number of hydrogen-bond donors (Lipinski definition) is 1. The molecule has 0 aliphatic rings. The Morgan fingerprint density at radius 2 is 1.81 bits per heavy atom. The second kappa shape index (κ2) is 5.01. The molecular weight excluding hydrogens is 196 g/mol. The highest BCUT2D eigenvalue weighted by atomic mass is 16.3. The molecule has 1 aromatic rings. The molecule has 0 amide bonds. The molecule has 0 bridgehead atoms. The van der Waals surface area contributed by atoms with Gasteiger partial charge in [0.2, 0.25) is 0 Å². The number of rotatable bonds is 4. The van der Waals surface area contributed by atoms with Gasteiger partial charge in [-0.3, -0.25) is 0 Å². The van der Waals surface area contributed by atoms with Crippen molar-refractivity contribution in [3.05, 3.63) is 34.9 Å². The lowest BCUT2D eigenvalue weighted by atomic mass is 9.77. The van der Waals surface area contributed by atoms with Gasteiger partial charge in [0.15, 0.2) is 0 Å². The fourth-order valence-corrected chi connectivity index (χ4v) is 1.72. The van der Waals surface area contributed by atoms with Crippen molar-refractivity contribution in [2.24, 2.45) is 11.3 Å². The van der Waals surface area contributed by atoms with Gasteiger partial charge in [0.25, 0.3) is 0 Å². The van der Waals surface area contributed by atoms with Crippen molar-refractivity contribution in [3.8, 4) is 0 Å². The van der Waals surface area contributed by atoms with Gasteiger partial charge in [-0.05, 0) is 48.3 Å². The van der Waals surface area contributed by atoms with Crippen LogP contribution in [-0.2, 0) is 6.42 Å². The van der Waals surface area contributed by atoms with E-state index in [2.05, 4.69) is 52.8 Å². The molecule has 0 aliphatic heterocycles. The molecule has 1 N–H and O–H groups in total. The Labute approximate surface area is 99.5 Å². The van der Waals surface area contributed by atoms with E-state index < -0.39 is 0 Å². The van der Waals surface area contributed by atoms with E-state index in [1.807, 2.05) is 0 Å². The lowest BCUT2D eigenvalue weighted by molar-refractivity contribution is 0.105. The number of hydrogen-bond acceptors (Lipinski definition) is 1. The summed E-state index contributed by atoms with van der Waals surface area (Å²) in [4.78, 5) is 0. The summed E-state index contributed by atoms with van der Waals surface area (Å²) in [7, 11) is 0. The van der Waals surface area contributed by atoms with Crippen molar-refractivity contribution in [2.75, 3.05) is 6.61 Å². The third-order valence-electron chi connectivity index (χ3n) is 3.85. The lowest BCUT2D eigenvalue weighted by Gasteiger charge is -2.29. The van der Waals surface area contributed by atoms with Crippen LogP contribution in [0.15, 0.2) is 18.2 Å². The van der Waals surface area contributed by atoms with Gasteiger partial charge in [0, 0.05) is 6.61 Å². The fraction of sp³-hybridized carbons (Fsp3) is 0.600. The molecule has 1 atom stereocenters. The maximum Gasteiger partial charge on any atom is 0.0484 e. The molecule has 0 fully saturated rings. The molecule has 1 rings (SSSR count). The van der Waals surface area contributed by atoms with Crippen molar-refractivity contribution in [2.45, 2.75) is 41.0 Å². The molecule has 0 saturated heterocycles. The van der Waals surface area contributed by atoms with Crippen LogP contribution < -0.4 is 0 Å². The van der Waals surface area contributed by atoms with Gasteiger partial charge in [-0.25, -0.2) is 0 Å². The number of aliphatic hydroxyl groups excluding tert-OH is 1. The van der Waals surface area contributed by atoms with Crippen molar-refractivity contribution in [3.63, 3.8) is 0 Å². The van der Waals surface area contributed by atoms with Gasteiger partial charge >= 0.3 is 0 Å². The third-order valence-corrected chi connectivity index (χ3v) is 3.85. The summed E-state index contributed by atoms with van der Waals surface area (Å²) in [5.41, 5.74) is 4.07. The van der Waals surface area contributed by atoms with Crippen molar-refractivity contribution in [1.82, 2.24) is 0 Å². The standard InChI is InChI=1S/C15H24O/c1-11-6-7-14(8-12(11)2)9-13(3)15(4,5)10-16/h6-8,13,16H,9-10H2,1-5H3. The zero-order chi connectivity index (χ0) is 12.3. The van der Waals surface area contributed by atoms with Gasteiger partial charge < -0.3 is 5.11 Å².